The average molecular weight is 443 g/mol. The summed E-state index contributed by atoms with van der Waals surface area (Å²) in [5.41, 5.74) is 2.37. The number of aliphatic hydroxyl groups excluding tert-OH is 2. The van der Waals surface area contributed by atoms with E-state index in [1.165, 1.54) is 32.1 Å². The van der Waals surface area contributed by atoms with Gasteiger partial charge in [0.15, 0.2) is 0 Å². The fourth-order valence-corrected chi connectivity index (χ4v) is 11.3. The lowest BCUT2D eigenvalue weighted by atomic mass is 9.31. The van der Waals surface area contributed by atoms with Gasteiger partial charge in [-0.25, -0.2) is 0 Å². The quantitative estimate of drug-likeness (QED) is 0.397. The SMILES string of the molecule is CC1=CC[C@@]2(C)C(C1C)C1CCC3C4(C)CC[C@H](O)C(C)(C)C4CC[C@@]3(C)[C@]1(C)C[C@@H]2O. The van der Waals surface area contributed by atoms with Gasteiger partial charge in [0.25, 0.3) is 0 Å². The normalized spacial score (nSPS) is 59.2. The van der Waals surface area contributed by atoms with Crippen LogP contribution in [0.3, 0.4) is 0 Å². The van der Waals surface area contributed by atoms with Crippen LogP contribution in [-0.4, -0.2) is 22.4 Å². The van der Waals surface area contributed by atoms with E-state index in [-0.39, 0.29) is 33.9 Å². The number of hydrogen-bond donors (Lipinski definition) is 2. The lowest BCUT2D eigenvalue weighted by molar-refractivity contribution is -0.267. The van der Waals surface area contributed by atoms with Crippen LogP contribution in [0.4, 0.5) is 0 Å². The van der Waals surface area contributed by atoms with Gasteiger partial charge in [0, 0.05) is 5.41 Å². The molecular formula is C30H50O2. The van der Waals surface area contributed by atoms with Gasteiger partial charge >= 0.3 is 0 Å². The smallest absolute Gasteiger partial charge is 0.0605 e. The van der Waals surface area contributed by atoms with Crippen molar-refractivity contribution in [3.63, 3.8) is 0 Å². The summed E-state index contributed by atoms with van der Waals surface area (Å²) >= 11 is 0. The molecule has 0 aliphatic heterocycles. The minimum Gasteiger partial charge on any atom is -0.393 e. The van der Waals surface area contributed by atoms with Crippen LogP contribution < -0.4 is 0 Å². The van der Waals surface area contributed by atoms with Gasteiger partial charge in [-0.05, 0) is 110 Å². The summed E-state index contributed by atoms with van der Waals surface area (Å²) in [5, 5.41) is 22.6. The molecule has 2 N–H and O–H groups in total. The van der Waals surface area contributed by atoms with Gasteiger partial charge in [-0.1, -0.05) is 60.1 Å². The molecule has 5 rings (SSSR count). The predicted octanol–water partition coefficient (Wildman–Crippen LogP) is 7.00. The Balaban J connectivity index is 1.57. The third kappa shape index (κ3) is 2.61. The molecule has 0 bridgehead atoms. The Morgan fingerprint density at radius 1 is 0.781 bits per heavy atom. The minimum absolute atomic E-state index is 0.0104. The van der Waals surface area contributed by atoms with Crippen LogP contribution in [0.25, 0.3) is 0 Å². The third-order valence-corrected chi connectivity index (χ3v) is 13.6. The lowest BCUT2D eigenvalue weighted by Gasteiger charge is -2.74. The summed E-state index contributed by atoms with van der Waals surface area (Å²) in [6.07, 6.45) is 11.4. The van der Waals surface area contributed by atoms with E-state index in [1.54, 1.807) is 5.57 Å². The predicted molar refractivity (Wildman–Crippen MR) is 132 cm³/mol. The highest BCUT2D eigenvalue weighted by atomic mass is 16.3. The van der Waals surface area contributed by atoms with E-state index in [2.05, 4.69) is 61.5 Å². The second kappa shape index (κ2) is 6.87. The summed E-state index contributed by atoms with van der Waals surface area (Å²) in [4.78, 5) is 0. The van der Waals surface area contributed by atoms with Crippen LogP contribution in [-0.2, 0) is 0 Å². The molecule has 5 aliphatic carbocycles. The van der Waals surface area contributed by atoms with E-state index in [4.69, 9.17) is 0 Å². The van der Waals surface area contributed by atoms with Gasteiger partial charge in [0.2, 0.25) is 0 Å². The van der Waals surface area contributed by atoms with Gasteiger partial charge in [0.1, 0.15) is 0 Å². The number of hydrogen-bond acceptors (Lipinski definition) is 2. The van der Waals surface area contributed by atoms with Gasteiger partial charge in [-0.3, -0.25) is 0 Å². The molecule has 0 spiro atoms. The highest BCUT2D eigenvalue weighted by molar-refractivity contribution is 5.24. The fourth-order valence-electron chi connectivity index (χ4n) is 11.3. The summed E-state index contributed by atoms with van der Waals surface area (Å²) in [7, 11) is 0. The molecule has 5 aliphatic rings. The molecule has 0 heterocycles. The third-order valence-electron chi connectivity index (χ3n) is 13.6. The van der Waals surface area contributed by atoms with Crippen LogP contribution in [0.15, 0.2) is 11.6 Å². The maximum absolute atomic E-state index is 11.7. The molecule has 182 valence electrons. The molecule has 0 aromatic carbocycles. The summed E-state index contributed by atoms with van der Waals surface area (Å²) in [6.45, 7) is 19.7. The van der Waals surface area contributed by atoms with Crippen LogP contribution in [0, 0.1) is 56.7 Å². The van der Waals surface area contributed by atoms with Gasteiger partial charge in [0.05, 0.1) is 12.2 Å². The first-order valence-electron chi connectivity index (χ1n) is 13.8. The first-order valence-corrected chi connectivity index (χ1v) is 13.8. The Hall–Kier alpha value is -0.340. The maximum atomic E-state index is 11.7. The maximum Gasteiger partial charge on any atom is 0.0605 e. The van der Waals surface area contributed by atoms with Crippen LogP contribution in [0.5, 0.6) is 0 Å². The van der Waals surface area contributed by atoms with E-state index in [0.717, 1.165) is 19.3 Å². The molecule has 0 aromatic heterocycles. The molecule has 2 nitrogen and oxygen atoms in total. The van der Waals surface area contributed by atoms with Gasteiger partial charge in [-0.15, -0.1) is 0 Å². The largest absolute Gasteiger partial charge is 0.393 e. The van der Waals surface area contributed by atoms with Crippen LogP contribution >= 0.6 is 0 Å². The molecule has 0 radical (unpaired) electrons. The Morgan fingerprint density at radius 2 is 1.47 bits per heavy atom. The number of rotatable bonds is 0. The second-order valence-electron chi connectivity index (χ2n) is 14.7. The van der Waals surface area contributed by atoms with Crippen LogP contribution in [0.1, 0.15) is 107 Å². The number of allylic oxidation sites excluding steroid dienone is 2. The van der Waals surface area contributed by atoms with Crippen molar-refractivity contribution in [2.75, 3.05) is 0 Å². The average Bonchev–Trinajstić information content (AvgIpc) is 2.70. The van der Waals surface area contributed by atoms with E-state index in [1.807, 2.05) is 0 Å². The Kier molecular flexibility index (Phi) is 5.02. The summed E-state index contributed by atoms with van der Waals surface area (Å²) < 4.78 is 0. The Labute approximate surface area is 197 Å². The summed E-state index contributed by atoms with van der Waals surface area (Å²) in [6, 6.07) is 0. The number of aliphatic hydroxyl groups is 2. The fraction of sp³-hybridized carbons (Fsp3) is 0.933. The van der Waals surface area contributed by atoms with E-state index in [9.17, 15) is 10.2 Å². The standard InChI is InChI=1S/C30H50O2/c1-18-11-14-28(6)24(32)17-30(8)20(25(28)19(18)2)9-10-22-27(5)15-13-23(31)26(3,4)21(27)12-16-29(22,30)7/h11,19-25,31-32H,9-10,12-17H2,1-8H3/t19?,20?,21?,22?,23-,24-,25?,27?,28+,29+,30+/m0/s1. The van der Waals surface area contributed by atoms with Crippen LogP contribution in [0.2, 0.25) is 0 Å². The molecule has 11 atom stereocenters. The molecule has 6 unspecified atom stereocenters. The van der Waals surface area contributed by atoms with Crippen molar-refractivity contribution >= 4 is 0 Å². The zero-order valence-electron chi connectivity index (χ0n) is 22.2. The van der Waals surface area contributed by atoms with Crippen molar-refractivity contribution in [1.82, 2.24) is 0 Å². The molecular weight excluding hydrogens is 392 g/mol. The second-order valence-corrected chi connectivity index (χ2v) is 14.7. The molecule has 2 heteroatoms. The van der Waals surface area contributed by atoms with Crippen molar-refractivity contribution in [2.24, 2.45) is 56.7 Å². The number of fused-ring (bicyclic) bond motifs is 7. The zero-order chi connectivity index (χ0) is 23.5. The lowest BCUT2D eigenvalue weighted by Crippen LogP contribution is -2.69. The summed E-state index contributed by atoms with van der Waals surface area (Å²) in [5.74, 6) is 3.18. The van der Waals surface area contributed by atoms with Gasteiger partial charge < -0.3 is 10.2 Å². The molecule has 4 fully saturated rings. The highest BCUT2D eigenvalue weighted by Gasteiger charge is 2.70. The molecule has 0 aromatic rings. The van der Waals surface area contributed by atoms with Crippen molar-refractivity contribution in [2.45, 2.75) is 119 Å². The van der Waals surface area contributed by atoms with Gasteiger partial charge in [-0.2, -0.15) is 0 Å². The minimum atomic E-state index is -0.203. The molecule has 0 saturated heterocycles. The highest BCUT2D eigenvalue weighted by Crippen LogP contribution is 2.76. The first-order chi connectivity index (χ1) is 14.7. The molecule has 32 heavy (non-hydrogen) atoms. The molecule has 0 amide bonds. The Bertz CT molecular complexity index is 814. The monoisotopic (exact) mass is 442 g/mol. The van der Waals surface area contributed by atoms with Crippen molar-refractivity contribution in [3.8, 4) is 0 Å². The Morgan fingerprint density at radius 3 is 2.16 bits per heavy atom. The van der Waals surface area contributed by atoms with E-state index in [0.29, 0.717) is 35.0 Å². The van der Waals surface area contributed by atoms with E-state index >= 15 is 0 Å². The van der Waals surface area contributed by atoms with Crippen molar-refractivity contribution in [3.05, 3.63) is 11.6 Å². The van der Waals surface area contributed by atoms with Crippen molar-refractivity contribution in [1.29, 1.82) is 0 Å². The topological polar surface area (TPSA) is 40.5 Å². The van der Waals surface area contributed by atoms with Crippen molar-refractivity contribution < 1.29 is 10.2 Å². The zero-order valence-corrected chi connectivity index (χ0v) is 22.2. The molecule has 4 saturated carbocycles. The first kappa shape index (κ1) is 23.4. The van der Waals surface area contributed by atoms with E-state index < -0.39 is 0 Å².